The number of benzene rings is 1. The van der Waals surface area contributed by atoms with Crippen LogP contribution in [0.1, 0.15) is 35.3 Å². The second-order valence-corrected chi connectivity index (χ2v) is 4.60. The third-order valence-corrected chi connectivity index (χ3v) is 3.08. The van der Waals surface area contributed by atoms with Gasteiger partial charge in [-0.3, -0.25) is 0 Å². The monoisotopic (exact) mass is 259 g/mol. The molecule has 0 bridgehead atoms. The van der Waals surface area contributed by atoms with Crippen molar-refractivity contribution >= 4 is 0 Å². The lowest BCUT2D eigenvalue weighted by Gasteiger charge is -2.20. The minimum absolute atomic E-state index is 0.193. The highest BCUT2D eigenvalue weighted by molar-refractivity contribution is 5.38. The van der Waals surface area contributed by atoms with E-state index in [4.69, 9.17) is 0 Å². The Bertz CT molecular complexity index is 532. The largest absolute Gasteiger partial charge is 0.305 e. The minimum atomic E-state index is -0.242. The highest BCUT2D eigenvalue weighted by Crippen LogP contribution is 2.27. The maximum Gasteiger partial charge on any atom is 0.128 e. The van der Waals surface area contributed by atoms with E-state index >= 15 is 0 Å². The first-order valence-electron chi connectivity index (χ1n) is 6.39. The summed E-state index contributed by atoms with van der Waals surface area (Å²) in [6.45, 7) is 6.56. The van der Waals surface area contributed by atoms with Gasteiger partial charge in [-0.05, 0) is 43.7 Å². The fourth-order valence-corrected chi connectivity index (χ4v) is 2.32. The third kappa shape index (κ3) is 2.96. The predicted molar refractivity (Wildman–Crippen MR) is 73.4 cm³/mol. The first kappa shape index (κ1) is 13.6. The summed E-state index contributed by atoms with van der Waals surface area (Å²) >= 11 is 0. The molecule has 1 aromatic heterocycles. The first-order chi connectivity index (χ1) is 9.13. The molecule has 1 N–H and O–H groups in total. The first-order valence-corrected chi connectivity index (χ1v) is 6.39. The molecule has 4 heteroatoms. The second-order valence-electron chi connectivity index (χ2n) is 4.60. The van der Waals surface area contributed by atoms with Gasteiger partial charge in [0, 0.05) is 11.8 Å². The average Bonchev–Trinajstić information content (AvgIpc) is 2.37. The van der Waals surface area contributed by atoms with Crippen LogP contribution in [0, 0.1) is 19.7 Å². The normalized spacial score (nSPS) is 12.4. The molecule has 1 heterocycles. The van der Waals surface area contributed by atoms with E-state index in [9.17, 15) is 4.39 Å². The van der Waals surface area contributed by atoms with Gasteiger partial charge in [0.25, 0.3) is 0 Å². The van der Waals surface area contributed by atoms with Crippen molar-refractivity contribution in [3.05, 3.63) is 58.9 Å². The van der Waals surface area contributed by atoms with Gasteiger partial charge in [0.2, 0.25) is 0 Å². The number of nitrogens with zero attached hydrogens (tertiary/aromatic N) is 2. The van der Waals surface area contributed by atoms with Crippen LogP contribution >= 0.6 is 0 Å². The third-order valence-electron chi connectivity index (χ3n) is 3.08. The zero-order chi connectivity index (χ0) is 13.8. The molecule has 0 aliphatic rings. The van der Waals surface area contributed by atoms with Crippen molar-refractivity contribution in [3.8, 4) is 0 Å². The lowest BCUT2D eigenvalue weighted by Crippen LogP contribution is -2.25. The van der Waals surface area contributed by atoms with E-state index in [2.05, 4.69) is 15.3 Å². The van der Waals surface area contributed by atoms with Crippen LogP contribution in [0.15, 0.2) is 30.7 Å². The van der Waals surface area contributed by atoms with Crippen molar-refractivity contribution in [2.75, 3.05) is 6.54 Å². The van der Waals surface area contributed by atoms with Gasteiger partial charge in [0.15, 0.2) is 0 Å². The van der Waals surface area contributed by atoms with Gasteiger partial charge in [0.05, 0.1) is 11.7 Å². The number of aryl methyl sites for hydroxylation is 2. The highest BCUT2D eigenvalue weighted by Gasteiger charge is 2.20. The van der Waals surface area contributed by atoms with Crippen LogP contribution in [0.5, 0.6) is 0 Å². The molecule has 0 spiro atoms. The Hall–Kier alpha value is -1.81. The van der Waals surface area contributed by atoms with Crippen LogP contribution < -0.4 is 5.32 Å². The van der Waals surface area contributed by atoms with Crippen molar-refractivity contribution in [3.63, 3.8) is 0 Å². The Morgan fingerprint density at radius 1 is 1.32 bits per heavy atom. The van der Waals surface area contributed by atoms with E-state index in [1.54, 1.807) is 12.3 Å². The molecule has 2 aromatic rings. The second kappa shape index (κ2) is 5.89. The molecular weight excluding hydrogens is 241 g/mol. The molecule has 1 unspecified atom stereocenters. The molecule has 0 saturated carbocycles. The van der Waals surface area contributed by atoms with E-state index in [1.807, 2.05) is 32.9 Å². The van der Waals surface area contributed by atoms with Crippen LogP contribution in [-0.4, -0.2) is 16.5 Å². The smallest absolute Gasteiger partial charge is 0.128 e. The number of nitrogens with one attached hydrogen (secondary N) is 1. The molecule has 0 radical (unpaired) electrons. The lowest BCUT2D eigenvalue weighted by molar-refractivity contribution is 0.547. The van der Waals surface area contributed by atoms with Gasteiger partial charge in [0.1, 0.15) is 12.1 Å². The molecule has 100 valence electrons. The van der Waals surface area contributed by atoms with E-state index in [0.717, 1.165) is 23.4 Å². The number of hydrogen-bond donors (Lipinski definition) is 1. The summed E-state index contributed by atoms with van der Waals surface area (Å²) in [7, 11) is 0. The van der Waals surface area contributed by atoms with Gasteiger partial charge >= 0.3 is 0 Å². The maximum absolute atomic E-state index is 14.3. The molecule has 0 amide bonds. The van der Waals surface area contributed by atoms with Gasteiger partial charge in [-0.1, -0.05) is 13.0 Å². The zero-order valence-corrected chi connectivity index (χ0v) is 11.4. The Labute approximate surface area is 112 Å². The van der Waals surface area contributed by atoms with Crippen molar-refractivity contribution in [2.24, 2.45) is 0 Å². The molecule has 2 rings (SSSR count). The predicted octanol–water partition coefficient (Wildman–Crippen LogP) is 2.93. The van der Waals surface area contributed by atoms with Gasteiger partial charge in [-0.15, -0.1) is 0 Å². The summed E-state index contributed by atoms with van der Waals surface area (Å²) in [6, 6.07) is 5.12. The average molecular weight is 259 g/mol. The summed E-state index contributed by atoms with van der Waals surface area (Å²) in [5.41, 5.74) is 3.30. The fourth-order valence-electron chi connectivity index (χ4n) is 2.32. The topological polar surface area (TPSA) is 37.8 Å². The van der Waals surface area contributed by atoms with Gasteiger partial charge in [-0.25, -0.2) is 14.4 Å². The highest BCUT2D eigenvalue weighted by atomic mass is 19.1. The maximum atomic E-state index is 14.3. The van der Waals surface area contributed by atoms with Crippen molar-refractivity contribution in [1.29, 1.82) is 0 Å². The Balaban J connectivity index is 2.51. The number of rotatable bonds is 4. The molecule has 1 aromatic carbocycles. The van der Waals surface area contributed by atoms with E-state index in [1.165, 1.54) is 6.33 Å². The summed E-state index contributed by atoms with van der Waals surface area (Å²) < 4.78 is 14.3. The fraction of sp³-hybridized carbons (Fsp3) is 0.333. The van der Waals surface area contributed by atoms with Crippen molar-refractivity contribution < 1.29 is 4.39 Å². The molecule has 0 aliphatic carbocycles. The molecule has 3 nitrogen and oxygen atoms in total. The van der Waals surface area contributed by atoms with Crippen LogP contribution in [-0.2, 0) is 0 Å². The molecular formula is C15H18FN3. The summed E-state index contributed by atoms with van der Waals surface area (Å²) in [5.74, 6) is -0.193. The van der Waals surface area contributed by atoms with Crippen LogP contribution in [0.3, 0.4) is 0 Å². The SMILES string of the molecule is CCNC(c1ccncn1)c1c(C)cc(C)cc1F. The summed E-state index contributed by atoms with van der Waals surface area (Å²) in [4.78, 5) is 8.15. The van der Waals surface area contributed by atoms with Crippen molar-refractivity contribution in [2.45, 2.75) is 26.8 Å². The number of halogens is 1. The Kier molecular flexibility index (Phi) is 4.22. The molecule has 0 fully saturated rings. The van der Waals surface area contributed by atoms with E-state index in [0.29, 0.717) is 5.56 Å². The van der Waals surface area contributed by atoms with Gasteiger partial charge in [-0.2, -0.15) is 0 Å². The minimum Gasteiger partial charge on any atom is -0.305 e. The Morgan fingerprint density at radius 3 is 2.68 bits per heavy atom. The van der Waals surface area contributed by atoms with E-state index < -0.39 is 0 Å². The lowest BCUT2D eigenvalue weighted by atomic mass is 9.96. The summed E-state index contributed by atoms with van der Waals surface area (Å²) in [5, 5.41) is 3.29. The number of hydrogen-bond acceptors (Lipinski definition) is 3. The molecule has 19 heavy (non-hydrogen) atoms. The Morgan fingerprint density at radius 2 is 2.11 bits per heavy atom. The van der Waals surface area contributed by atoms with E-state index in [-0.39, 0.29) is 11.9 Å². The van der Waals surface area contributed by atoms with Gasteiger partial charge < -0.3 is 5.32 Å². The number of aromatic nitrogens is 2. The molecule has 1 atom stereocenters. The standard InChI is InChI=1S/C15H18FN3/c1-4-18-15(13-5-6-17-9-19-13)14-11(3)7-10(2)8-12(14)16/h5-9,15,18H,4H2,1-3H3. The zero-order valence-electron chi connectivity index (χ0n) is 11.4. The van der Waals surface area contributed by atoms with Crippen molar-refractivity contribution in [1.82, 2.24) is 15.3 Å². The molecule has 0 saturated heterocycles. The van der Waals surface area contributed by atoms with Crippen LogP contribution in [0.25, 0.3) is 0 Å². The van der Waals surface area contributed by atoms with Crippen LogP contribution in [0.4, 0.5) is 4.39 Å². The summed E-state index contributed by atoms with van der Waals surface area (Å²) in [6.07, 6.45) is 3.16. The quantitative estimate of drug-likeness (QED) is 0.917. The van der Waals surface area contributed by atoms with Crippen LogP contribution in [0.2, 0.25) is 0 Å². The molecule has 0 aliphatic heterocycles.